The third-order valence-electron chi connectivity index (χ3n) is 4.86. The van der Waals surface area contributed by atoms with E-state index in [1.807, 2.05) is 0 Å². The lowest BCUT2D eigenvalue weighted by molar-refractivity contribution is 0.379. The van der Waals surface area contributed by atoms with E-state index in [0.717, 1.165) is 6.42 Å². The van der Waals surface area contributed by atoms with Crippen LogP contribution in [0.3, 0.4) is 0 Å². The van der Waals surface area contributed by atoms with Crippen molar-refractivity contribution in [3.63, 3.8) is 0 Å². The predicted octanol–water partition coefficient (Wildman–Crippen LogP) is 5.75. The summed E-state index contributed by atoms with van der Waals surface area (Å²) in [5, 5.41) is 0. The summed E-state index contributed by atoms with van der Waals surface area (Å²) in [6.07, 6.45) is 4.68. The van der Waals surface area contributed by atoms with Gasteiger partial charge in [-0.3, -0.25) is 0 Å². The smallest absolute Gasteiger partial charge is 0.00228 e. The zero-order valence-corrected chi connectivity index (χ0v) is 13.0. The Bertz CT molecular complexity index is 512. The number of hydrogen-bond donors (Lipinski definition) is 0. The number of rotatable bonds is 6. The fourth-order valence-electron chi connectivity index (χ4n) is 3.33. The van der Waals surface area contributed by atoms with Gasteiger partial charge in [-0.2, -0.15) is 0 Å². The second-order valence-corrected chi connectivity index (χ2v) is 5.66. The molecule has 0 aliphatic carbocycles. The maximum Gasteiger partial charge on any atom is -0.00228 e. The molecule has 0 spiro atoms. The Morgan fingerprint density at radius 1 is 0.700 bits per heavy atom. The maximum atomic E-state index is 2.34. The fourth-order valence-corrected chi connectivity index (χ4v) is 3.33. The van der Waals surface area contributed by atoms with Crippen LogP contribution in [-0.4, -0.2) is 0 Å². The van der Waals surface area contributed by atoms with E-state index in [1.54, 1.807) is 5.56 Å². The molecule has 0 saturated carbocycles. The van der Waals surface area contributed by atoms with Crippen LogP contribution in [0.2, 0.25) is 0 Å². The molecule has 2 rings (SSSR count). The molecular formula is C20H26. The Labute approximate surface area is 123 Å². The molecule has 0 N–H and O–H groups in total. The first-order valence-corrected chi connectivity index (χ1v) is 7.88. The number of hydrogen-bond acceptors (Lipinski definition) is 0. The highest BCUT2D eigenvalue weighted by Gasteiger charge is 2.28. The first-order chi connectivity index (χ1) is 9.75. The molecule has 106 valence electrons. The van der Waals surface area contributed by atoms with Crippen LogP contribution in [0.5, 0.6) is 0 Å². The van der Waals surface area contributed by atoms with Crippen LogP contribution in [-0.2, 0) is 11.8 Å². The minimum absolute atomic E-state index is 0.339. The third kappa shape index (κ3) is 2.95. The van der Waals surface area contributed by atoms with Gasteiger partial charge in [-0.15, -0.1) is 0 Å². The average Bonchev–Trinajstić information content (AvgIpc) is 2.52. The molecule has 0 bridgehead atoms. The molecular weight excluding hydrogens is 240 g/mol. The van der Waals surface area contributed by atoms with E-state index in [1.165, 1.54) is 30.4 Å². The van der Waals surface area contributed by atoms with Crippen molar-refractivity contribution in [2.24, 2.45) is 0 Å². The summed E-state index contributed by atoms with van der Waals surface area (Å²) >= 11 is 0. The van der Waals surface area contributed by atoms with Gasteiger partial charge in [-0.25, -0.2) is 0 Å². The Morgan fingerprint density at radius 3 is 1.85 bits per heavy atom. The zero-order valence-electron chi connectivity index (χ0n) is 13.0. The lowest BCUT2D eigenvalue weighted by Crippen LogP contribution is -2.25. The van der Waals surface area contributed by atoms with Gasteiger partial charge in [-0.05, 0) is 47.8 Å². The van der Waals surface area contributed by atoms with Crippen molar-refractivity contribution in [2.75, 3.05) is 0 Å². The van der Waals surface area contributed by atoms with E-state index in [0.29, 0.717) is 5.41 Å². The summed E-state index contributed by atoms with van der Waals surface area (Å²) in [4.78, 5) is 0. The van der Waals surface area contributed by atoms with E-state index in [9.17, 15) is 0 Å². The van der Waals surface area contributed by atoms with E-state index in [2.05, 4.69) is 75.4 Å². The van der Waals surface area contributed by atoms with Gasteiger partial charge >= 0.3 is 0 Å². The van der Waals surface area contributed by atoms with Crippen molar-refractivity contribution < 1.29 is 0 Å². The molecule has 0 aromatic heterocycles. The van der Waals surface area contributed by atoms with E-state index >= 15 is 0 Å². The first-order valence-electron chi connectivity index (χ1n) is 7.88. The van der Waals surface area contributed by atoms with Crippen LogP contribution in [0.25, 0.3) is 0 Å². The molecule has 0 aliphatic heterocycles. The van der Waals surface area contributed by atoms with Crippen LogP contribution in [0, 0.1) is 0 Å². The maximum absolute atomic E-state index is 2.34. The largest absolute Gasteiger partial charge is 0.0645 e. The molecule has 0 heterocycles. The fraction of sp³-hybridized carbons (Fsp3) is 0.400. The Balaban J connectivity index is 2.40. The lowest BCUT2D eigenvalue weighted by atomic mass is 9.71. The summed E-state index contributed by atoms with van der Waals surface area (Å²) in [5.74, 6) is 0. The topological polar surface area (TPSA) is 0 Å². The van der Waals surface area contributed by atoms with Crippen molar-refractivity contribution in [1.29, 1.82) is 0 Å². The molecule has 0 atom stereocenters. The van der Waals surface area contributed by atoms with Gasteiger partial charge in [0.25, 0.3) is 0 Å². The molecule has 0 nitrogen and oxygen atoms in total. The van der Waals surface area contributed by atoms with Crippen molar-refractivity contribution in [3.8, 4) is 0 Å². The summed E-state index contributed by atoms with van der Waals surface area (Å²) < 4.78 is 0. The molecule has 0 fully saturated rings. The predicted molar refractivity (Wildman–Crippen MR) is 88.2 cm³/mol. The van der Waals surface area contributed by atoms with Gasteiger partial charge < -0.3 is 0 Å². The van der Waals surface area contributed by atoms with E-state index < -0.39 is 0 Å². The Morgan fingerprint density at radius 2 is 1.25 bits per heavy atom. The quantitative estimate of drug-likeness (QED) is 0.625. The second-order valence-electron chi connectivity index (χ2n) is 5.66. The minimum atomic E-state index is 0.339. The van der Waals surface area contributed by atoms with Gasteiger partial charge in [0.1, 0.15) is 0 Å². The Kier molecular flexibility index (Phi) is 5.00. The highest BCUT2D eigenvalue weighted by molar-refractivity contribution is 5.38. The van der Waals surface area contributed by atoms with Crippen LogP contribution in [0.15, 0.2) is 54.6 Å². The zero-order chi connectivity index (χ0) is 14.4. The van der Waals surface area contributed by atoms with E-state index in [-0.39, 0.29) is 0 Å². The number of benzene rings is 2. The molecule has 2 aromatic rings. The first kappa shape index (κ1) is 14.8. The summed E-state index contributed by atoms with van der Waals surface area (Å²) in [7, 11) is 0. The van der Waals surface area contributed by atoms with Crippen LogP contribution < -0.4 is 0 Å². The highest BCUT2D eigenvalue weighted by atomic mass is 14.3. The summed E-state index contributed by atoms with van der Waals surface area (Å²) in [6.45, 7) is 6.98. The molecule has 0 unspecified atom stereocenters. The normalized spacial score (nSPS) is 11.6. The van der Waals surface area contributed by atoms with E-state index in [4.69, 9.17) is 0 Å². The second kappa shape index (κ2) is 6.74. The van der Waals surface area contributed by atoms with Gasteiger partial charge in [-0.1, -0.05) is 75.4 Å². The van der Waals surface area contributed by atoms with Gasteiger partial charge in [0.15, 0.2) is 0 Å². The van der Waals surface area contributed by atoms with Gasteiger partial charge in [0.05, 0.1) is 0 Å². The molecule has 0 radical (unpaired) electrons. The third-order valence-corrected chi connectivity index (χ3v) is 4.86. The van der Waals surface area contributed by atoms with Gasteiger partial charge in [0, 0.05) is 0 Å². The summed E-state index contributed by atoms with van der Waals surface area (Å²) in [6, 6.07) is 19.8. The molecule has 0 saturated heterocycles. The monoisotopic (exact) mass is 266 g/mol. The SMILES string of the molecule is CCC(CC)(CC)c1ccccc1Cc1ccccc1. The lowest BCUT2D eigenvalue weighted by Gasteiger charge is -2.33. The van der Waals surface area contributed by atoms with Crippen molar-refractivity contribution >= 4 is 0 Å². The summed E-state index contributed by atoms with van der Waals surface area (Å²) in [5.41, 5.74) is 4.78. The van der Waals surface area contributed by atoms with Crippen molar-refractivity contribution in [3.05, 3.63) is 71.3 Å². The van der Waals surface area contributed by atoms with Crippen LogP contribution >= 0.6 is 0 Å². The van der Waals surface area contributed by atoms with Crippen molar-refractivity contribution in [1.82, 2.24) is 0 Å². The van der Waals surface area contributed by atoms with Gasteiger partial charge in [0.2, 0.25) is 0 Å². The van der Waals surface area contributed by atoms with Crippen LogP contribution in [0.1, 0.15) is 56.7 Å². The standard InChI is InChI=1S/C20H26/c1-4-20(5-2,6-3)19-15-11-10-14-18(19)16-17-12-8-7-9-13-17/h7-15H,4-6,16H2,1-3H3. The molecule has 20 heavy (non-hydrogen) atoms. The molecule has 0 heteroatoms. The molecule has 0 aliphatic rings. The average molecular weight is 266 g/mol. The molecule has 2 aromatic carbocycles. The van der Waals surface area contributed by atoms with Crippen molar-refractivity contribution in [2.45, 2.75) is 51.9 Å². The highest BCUT2D eigenvalue weighted by Crippen LogP contribution is 2.37. The Hall–Kier alpha value is -1.56. The van der Waals surface area contributed by atoms with Crippen LogP contribution in [0.4, 0.5) is 0 Å². The molecule has 0 amide bonds. The minimum Gasteiger partial charge on any atom is -0.0645 e.